The summed E-state index contributed by atoms with van der Waals surface area (Å²) in [6.45, 7) is 7.52. The third-order valence-corrected chi connectivity index (χ3v) is 5.55. The predicted molar refractivity (Wildman–Crippen MR) is 85.7 cm³/mol. The standard InChI is InChI=1S/C16H24N2O3S/c1-15(2,3)18-22(20,21)13-8-6-5-7-12(13)11-17-14(19)16(4)9-10-16/h5-8,18H,9-11H2,1-4H3,(H,17,19). The van der Waals surface area contributed by atoms with Crippen molar-refractivity contribution in [2.24, 2.45) is 5.41 Å². The second-order valence-corrected chi connectivity index (χ2v) is 8.86. The molecule has 1 aromatic rings. The van der Waals surface area contributed by atoms with Gasteiger partial charge < -0.3 is 5.32 Å². The van der Waals surface area contributed by atoms with Crippen LogP contribution in [0.5, 0.6) is 0 Å². The summed E-state index contributed by atoms with van der Waals surface area (Å²) in [6, 6.07) is 6.75. The van der Waals surface area contributed by atoms with Gasteiger partial charge in [0, 0.05) is 17.5 Å². The second kappa shape index (κ2) is 5.66. The van der Waals surface area contributed by atoms with Crippen molar-refractivity contribution in [3.63, 3.8) is 0 Å². The molecule has 0 unspecified atom stereocenters. The van der Waals surface area contributed by atoms with Crippen LogP contribution in [0.2, 0.25) is 0 Å². The van der Waals surface area contributed by atoms with Crippen LogP contribution in [0, 0.1) is 5.41 Å². The van der Waals surface area contributed by atoms with E-state index in [1.165, 1.54) is 0 Å². The van der Waals surface area contributed by atoms with Gasteiger partial charge in [-0.15, -0.1) is 0 Å². The molecule has 1 saturated carbocycles. The molecule has 1 fully saturated rings. The van der Waals surface area contributed by atoms with Crippen LogP contribution < -0.4 is 10.0 Å². The fraction of sp³-hybridized carbons (Fsp3) is 0.562. The van der Waals surface area contributed by atoms with E-state index < -0.39 is 15.6 Å². The van der Waals surface area contributed by atoms with Gasteiger partial charge in [0.15, 0.2) is 0 Å². The lowest BCUT2D eigenvalue weighted by Gasteiger charge is -2.21. The smallest absolute Gasteiger partial charge is 0.241 e. The number of amides is 1. The van der Waals surface area contributed by atoms with Crippen LogP contribution in [-0.4, -0.2) is 19.9 Å². The van der Waals surface area contributed by atoms with Gasteiger partial charge in [0.1, 0.15) is 0 Å². The minimum Gasteiger partial charge on any atom is -0.352 e. The van der Waals surface area contributed by atoms with Gasteiger partial charge in [-0.2, -0.15) is 0 Å². The molecule has 22 heavy (non-hydrogen) atoms. The van der Waals surface area contributed by atoms with E-state index >= 15 is 0 Å². The first kappa shape index (κ1) is 17.0. The van der Waals surface area contributed by atoms with Crippen molar-refractivity contribution in [3.8, 4) is 0 Å². The van der Waals surface area contributed by atoms with Crippen LogP contribution in [0.15, 0.2) is 29.2 Å². The number of carbonyl (C=O) groups is 1. The summed E-state index contributed by atoms with van der Waals surface area (Å²) < 4.78 is 27.6. The molecule has 0 spiro atoms. The van der Waals surface area contributed by atoms with Gasteiger partial charge in [0.2, 0.25) is 15.9 Å². The Morgan fingerprint density at radius 2 is 1.82 bits per heavy atom. The van der Waals surface area contributed by atoms with Gasteiger partial charge in [0.25, 0.3) is 0 Å². The third-order valence-electron chi connectivity index (χ3n) is 3.69. The van der Waals surface area contributed by atoms with E-state index in [2.05, 4.69) is 10.0 Å². The molecular weight excluding hydrogens is 300 g/mol. The minimum absolute atomic E-state index is 0.0107. The van der Waals surface area contributed by atoms with Crippen LogP contribution in [-0.2, 0) is 21.4 Å². The maximum absolute atomic E-state index is 12.5. The number of nitrogens with one attached hydrogen (secondary N) is 2. The summed E-state index contributed by atoms with van der Waals surface area (Å²) in [5.41, 5.74) is -0.231. The largest absolute Gasteiger partial charge is 0.352 e. The molecule has 1 aromatic carbocycles. The van der Waals surface area contributed by atoms with Gasteiger partial charge in [-0.05, 0) is 45.2 Å². The topological polar surface area (TPSA) is 75.3 Å². The molecule has 2 N–H and O–H groups in total. The number of rotatable bonds is 5. The Kier molecular flexibility index (Phi) is 4.37. The first-order valence-electron chi connectivity index (χ1n) is 7.44. The lowest BCUT2D eigenvalue weighted by atomic mass is 10.1. The minimum atomic E-state index is -3.62. The van der Waals surface area contributed by atoms with Crippen molar-refractivity contribution in [3.05, 3.63) is 29.8 Å². The van der Waals surface area contributed by atoms with Gasteiger partial charge in [-0.3, -0.25) is 4.79 Å². The molecule has 0 heterocycles. The number of benzene rings is 1. The summed E-state index contributed by atoms with van der Waals surface area (Å²) >= 11 is 0. The molecule has 0 aromatic heterocycles. The maximum atomic E-state index is 12.5. The summed E-state index contributed by atoms with van der Waals surface area (Å²) in [4.78, 5) is 12.2. The lowest BCUT2D eigenvalue weighted by molar-refractivity contribution is -0.125. The van der Waals surface area contributed by atoms with Crippen molar-refractivity contribution in [2.45, 2.75) is 57.5 Å². The van der Waals surface area contributed by atoms with Crippen molar-refractivity contribution in [1.29, 1.82) is 0 Å². The van der Waals surface area contributed by atoms with Crippen molar-refractivity contribution >= 4 is 15.9 Å². The predicted octanol–water partition coefficient (Wildman–Crippen LogP) is 2.18. The molecule has 0 aliphatic heterocycles. The molecule has 1 amide bonds. The average Bonchev–Trinajstić information content (AvgIpc) is 3.13. The summed E-state index contributed by atoms with van der Waals surface area (Å²) in [5, 5.41) is 2.85. The van der Waals surface area contributed by atoms with E-state index in [0.717, 1.165) is 12.8 Å². The molecular formula is C16H24N2O3S. The Hall–Kier alpha value is -1.40. The average molecular weight is 324 g/mol. The van der Waals surface area contributed by atoms with Crippen LogP contribution in [0.25, 0.3) is 0 Å². The summed E-state index contributed by atoms with van der Waals surface area (Å²) in [5.74, 6) is -0.0107. The Morgan fingerprint density at radius 1 is 1.23 bits per heavy atom. The Labute approximate surface area is 132 Å². The van der Waals surface area contributed by atoms with E-state index in [1.807, 2.05) is 6.92 Å². The van der Waals surface area contributed by atoms with Gasteiger partial charge in [0.05, 0.1) is 4.90 Å². The third kappa shape index (κ3) is 4.08. The highest BCUT2D eigenvalue weighted by Crippen LogP contribution is 2.45. The number of sulfonamides is 1. The molecule has 0 saturated heterocycles. The molecule has 6 heteroatoms. The van der Waals surface area contributed by atoms with E-state index in [0.29, 0.717) is 5.56 Å². The fourth-order valence-corrected chi connectivity index (χ4v) is 3.83. The lowest BCUT2D eigenvalue weighted by Crippen LogP contribution is -2.41. The first-order valence-corrected chi connectivity index (χ1v) is 8.92. The van der Waals surface area contributed by atoms with E-state index in [1.54, 1.807) is 45.0 Å². The molecule has 122 valence electrons. The number of hydrogen-bond donors (Lipinski definition) is 2. The van der Waals surface area contributed by atoms with Crippen LogP contribution in [0.4, 0.5) is 0 Å². The van der Waals surface area contributed by atoms with Crippen molar-refractivity contribution in [1.82, 2.24) is 10.0 Å². The summed E-state index contributed by atoms with van der Waals surface area (Å²) in [7, 11) is -3.62. The van der Waals surface area contributed by atoms with Crippen molar-refractivity contribution < 1.29 is 13.2 Å². The maximum Gasteiger partial charge on any atom is 0.241 e. The van der Waals surface area contributed by atoms with Gasteiger partial charge >= 0.3 is 0 Å². The van der Waals surface area contributed by atoms with Crippen LogP contribution >= 0.6 is 0 Å². The zero-order valence-corrected chi connectivity index (χ0v) is 14.4. The Bertz CT molecular complexity index is 671. The fourth-order valence-electron chi connectivity index (χ4n) is 2.17. The molecule has 0 radical (unpaired) electrons. The van der Waals surface area contributed by atoms with Gasteiger partial charge in [-0.25, -0.2) is 13.1 Å². The Morgan fingerprint density at radius 3 is 2.36 bits per heavy atom. The Balaban J connectivity index is 2.18. The molecule has 0 atom stereocenters. The SMILES string of the molecule is CC(C)(C)NS(=O)(=O)c1ccccc1CNC(=O)C1(C)CC1. The zero-order valence-electron chi connectivity index (χ0n) is 13.6. The second-order valence-electron chi connectivity index (χ2n) is 7.21. The quantitative estimate of drug-likeness (QED) is 0.871. The van der Waals surface area contributed by atoms with Crippen LogP contribution in [0.3, 0.4) is 0 Å². The molecule has 1 aliphatic rings. The van der Waals surface area contributed by atoms with E-state index in [-0.39, 0.29) is 22.8 Å². The number of hydrogen-bond acceptors (Lipinski definition) is 3. The zero-order chi connectivity index (χ0) is 16.6. The number of carbonyl (C=O) groups excluding carboxylic acids is 1. The van der Waals surface area contributed by atoms with E-state index in [9.17, 15) is 13.2 Å². The highest BCUT2D eigenvalue weighted by molar-refractivity contribution is 7.89. The molecule has 0 bridgehead atoms. The molecule has 5 nitrogen and oxygen atoms in total. The van der Waals surface area contributed by atoms with Gasteiger partial charge in [-0.1, -0.05) is 25.1 Å². The van der Waals surface area contributed by atoms with Crippen molar-refractivity contribution in [2.75, 3.05) is 0 Å². The monoisotopic (exact) mass is 324 g/mol. The summed E-state index contributed by atoms with van der Waals surface area (Å²) in [6.07, 6.45) is 1.79. The molecule has 1 aliphatic carbocycles. The highest BCUT2D eigenvalue weighted by Gasteiger charge is 2.44. The normalized spacial score (nSPS) is 17.1. The highest BCUT2D eigenvalue weighted by atomic mass is 32.2. The van der Waals surface area contributed by atoms with Crippen LogP contribution in [0.1, 0.15) is 46.1 Å². The molecule has 2 rings (SSSR count). The first-order chi connectivity index (χ1) is 10.0. The van der Waals surface area contributed by atoms with E-state index in [4.69, 9.17) is 0 Å².